The molecule has 1 heterocycles. The standard InChI is InChI=1S/C22H22ClN3O6S/c1-24-22(28)26-33(29,30)20-12-14(5-7-16(20)19-4-3-11-32-19)9-10-25-21(27)17-13-15(23)6-8-18(17)31-2/h3-8,11-13H,9-10H2,1-2H3,(H,25,27)(H2,24,26,28). The molecule has 0 radical (unpaired) electrons. The first-order valence-corrected chi connectivity index (χ1v) is 11.6. The van der Waals surface area contributed by atoms with Crippen molar-refractivity contribution in [3.05, 3.63) is 70.9 Å². The Morgan fingerprint density at radius 1 is 1.12 bits per heavy atom. The van der Waals surface area contributed by atoms with E-state index in [-0.39, 0.29) is 22.9 Å². The van der Waals surface area contributed by atoms with Gasteiger partial charge in [-0.1, -0.05) is 17.7 Å². The van der Waals surface area contributed by atoms with Gasteiger partial charge in [0.1, 0.15) is 11.5 Å². The quantitative estimate of drug-likeness (QED) is 0.444. The Morgan fingerprint density at radius 2 is 1.91 bits per heavy atom. The fourth-order valence-electron chi connectivity index (χ4n) is 3.08. The van der Waals surface area contributed by atoms with Crippen molar-refractivity contribution in [2.75, 3.05) is 20.7 Å². The predicted octanol–water partition coefficient (Wildman–Crippen LogP) is 3.20. The summed E-state index contributed by atoms with van der Waals surface area (Å²) in [6.07, 6.45) is 1.75. The Hall–Kier alpha value is -3.50. The molecule has 0 aliphatic rings. The number of sulfonamides is 1. The van der Waals surface area contributed by atoms with Crippen LogP contribution in [0.15, 0.2) is 64.1 Å². The molecule has 0 atom stereocenters. The van der Waals surface area contributed by atoms with E-state index in [1.165, 1.54) is 32.6 Å². The van der Waals surface area contributed by atoms with Gasteiger partial charge in [0.2, 0.25) is 0 Å². The van der Waals surface area contributed by atoms with Gasteiger partial charge in [-0.2, -0.15) is 0 Å². The van der Waals surface area contributed by atoms with E-state index in [0.29, 0.717) is 34.1 Å². The molecule has 0 bridgehead atoms. The number of rotatable bonds is 8. The second-order valence-electron chi connectivity index (χ2n) is 6.84. The van der Waals surface area contributed by atoms with Crippen molar-refractivity contribution in [2.24, 2.45) is 0 Å². The SMILES string of the molecule is CNC(=O)NS(=O)(=O)c1cc(CCNC(=O)c2cc(Cl)ccc2OC)ccc1-c1ccco1. The van der Waals surface area contributed by atoms with Crippen LogP contribution in [0.25, 0.3) is 11.3 Å². The third-order valence-electron chi connectivity index (χ3n) is 4.68. The van der Waals surface area contributed by atoms with Gasteiger partial charge >= 0.3 is 6.03 Å². The van der Waals surface area contributed by atoms with Gasteiger partial charge < -0.3 is 19.8 Å². The molecule has 3 aromatic rings. The van der Waals surface area contributed by atoms with E-state index in [9.17, 15) is 18.0 Å². The van der Waals surface area contributed by atoms with Crippen molar-refractivity contribution in [1.82, 2.24) is 15.4 Å². The summed E-state index contributed by atoms with van der Waals surface area (Å²) in [6, 6.07) is 11.9. The van der Waals surface area contributed by atoms with Gasteiger partial charge in [0.05, 0.1) is 23.8 Å². The summed E-state index contributed by atoms with van der Waals surface area (Å²) in [4.78, 5) is 24.1. The summed E-state index contributed by atoms with van der Waals surface area (Å²) in [5.74, 6) is 0.337. The molecule has 0 aliphatic carbocycles. The van der Waals surface area contributed by atoms with Crippen molar-refractivity contribution in [2.45, 2.75) is 11.3 Å². The lowest BCUT2D eigenvalue weighted by atomic mass is 10.1. The summed E-state index contributed by atoms with van der Waals surface area (Å²) < 4.78 is 38.2. The maximum atomic E-state index is 12.8. The number of furan rings is 1. The van der Waals surface area contributed by atoms with Crippen LogP contribution in [0.2, 0.25) is 5.02 Å². The van der Waals surface area contributed by atoms with Gasteiger partial charge in [0.15, 0.2) is 0 Å². The number of halogens is 1. The fraction of sp³-hybridized carbons (Fsp3) is 0.182. The first kappa shape index (κ1) is 24.1. The Bertz CT molecular complexity index is 1260. The van der Waals surface area contributed by atoms with Crippen LogP contribution in [0.3, 0.4) is 0 Å². The van der Waals surface area contributed by atoms with Gasteiger partial charge in [0, 0.05) is 24.2 Å². The summed E-state index contributed by atoms with van der Waals surface area (Å²) in [6.45, 7) is 0.219. The number of urea groups is 1. The molecule has 2 aromatic carbocycles. The minimum absolute atomic E-state index is 0.124. The molecule has 0 fully saturated rings. The molecule has 9 nitrogen and oxygen atoms in total. The lowest BCUT2D eigenvalue weighted by Gasteiger charge is -2.13. The zero-order valence-corrected chi connectivity index (χ0v) is 19.4. The molecular weight excluding hydrogens is 470 g/mol. The number of ether oxygens (including phenoxy) is 1. The molecule has 11 heteroatoms. The van der Waals surface area contributed by atoms with Crippen LogP contribution in [-0.4, -0.2) is 41.1 Å². The molecule has 0 saturated heterocycles. The van der Waals surface area contributed by atoms with E-state index < -0.39 is 16.1 Å². The second kappa shape index (κ2) is 10.4. The van der Waals surface area contributed by atoms with Gasteiger partial charge in [-0.15, -0.1) is 0 Å². The van der Waals surface area contributed by atoms with Gasteiger partial charge in [-0.05, 0) is 54.4 Å². The van der Waals surface area contributed by atoms with Crippen LogP contribution in [0.4, 0.5) is 4.79 Å². The number of carbonyl (C=O) groups excluding carboxylic acids is 2. The summed E-state index contributed by atoms with van der Waals surface area (Å²) in [5, 5.41) is 5.38. The zero-order valence-electron chi connectivity index (χ0n) is 17.8. The molecule has 0 aliphatic heterocycles. The smallest absolute Gasteiger partial charge is 0.328 e. The van der Waals surface area contributed by atoms with Gasteiger partial charge in [-0.3, -0.25) is 4.79 Å². The number of nitrogens with one attached hydrogen (secondary N) is 3. The van der Waals surface area contributed by atoms with E-state index in [4.69, 9.17) is 20.8 Å². The van der Waals surface area contributed by atoms with Crippen LogP contribution >= 0.6 is 11.6 Å². The van der Waals surface area contributed by atoms with Crippen molar-refractivity contribution in [3.8, 4) is 17.1 Å². The molecule has 3 amide bonds. The summed E-state index contributed by atoms with van der Waals surface area (Å²) >= 11 is 5.98. The monoisotopic (exact) mass is 491 g/mol. The topological polar surface area (TPSA) is 127 Å². The predicted molar refractivity (Wildman–Crippen MR) is 123 cm³/mol. The molecular formula is C22H22ClN3O6S. The largest absolute Gasteiger partial charge is 0.496 e. The number of benzene rings is 2. The van der Waals surface area contributed by atoms with E-state index in [0.717, 1.165) is 0 Å². The number of hydrogen-bond acceptors (Lipinski definition) is 6. The van der Waals surface area contributed by atoms with Crippen LogP contribution in [0, 0.1) is 0 Å². The molecule has 0 saturated carbocycles. The Labute approximate surface area is 196 Å². The third-order valence-corrected chi connectivity index (χ3v) is 6.29. The van der Waals surface area contributed by atoms with E-state index >= 15 is 0 Å². The van der Waals surface area contributed by atoms with Crippen LogP contribution in [-0.2, 0) is 16.4 Å². The highest BCUT2D eigenvalue weighted by Crippen LogP contribution is 2.29. The van der Waals surface area contributed by atoms with Gasteiger partial charge in [-0.25, -0.2) is 17.9 Å². The molecule has 33 heavy (non-hydrogen) atoms. The average molecular weight is 492 g/mol. The summed E-state index contributed by atoms with van der Waals surface area (Å²) in [5.41, 5.74) is 1.21. The molecule has 3 rings (SSSR count). The minimum atomic E-state index is -4.19. The first-order chi connectivity index (χ1) is 15.7. The van der Waals surface area contributed by atoms with Crippen LogP contribution in [0.5, 0.6) is 5.75 Å². The maximum absolute atomic E-state index is 12.8. The number of hydrogen-bond donors (Lipinski definition) is 3. The highest BCUT2D eigenvalue weighted by atomic mass is 35.5. The average Bonchev–Trinajstić information content (AvgIpc) is 3.33. The van der Waals surface area contributed by atoms with E-state index in [1.54, 1.807) is 36.4 Å². The van der Waals surface area contributed by atoms with E-state index in [1.807, 2.05) is 4.72 Å². The molecule has 0 spiro atoms. The first-order valence-electron chi connectivity index (χ1n) is 9.78. The van der Waals surface area contributed by atoms with Gasteiger partial charge in [0.25, 0.3) is 15.9 Å². The molecule has 1 aromatic heterocycles. The lowest BCUT2D eigenvalue weighted by Crippen LogP contribution is -2.37. The van der Waals surface area contributed by atoms with Crippen molar-refractivity contribution < 1.29 is 27.2 Å². The number of carbonyl (C=O) groups is 2. The fourth-order valence-corrected chi connectivity index (χ4v) is 4.47. The van der Waals surface area contributed by atoms with E-state index in [2.05, 4.69) is 10.6 Å². The second-order valence-corrected chi connectivity index (χ2v) is 8.93. The highest BCUT2D eigenvalue weighted by molar-refractivity contribution is 7.90. The number of amides is 3. The molecule has 174 valence electrons. The highest BCUT2D eigenvalue weighted by Gasteiger charge is 2.23. The van der Waals surface area contributed by atoms with Crippen molar-refractivity contribution >= 4 is 33.6 Å². The Morgan fingerprint density at radius 3 is 2.58 bits per heavy atom. The van der Waals surface area contributed by atoms with Crippen molar-refractivity contribution in [3.63, 3.8) is 0 Å². The van der Waals surface area contributed by atoms with Crippen molar-refractivity contribution in [1.29, 1.82) is 0 Å². The molecule has 0 unspecified atom stereocenters. The maximum Gasteiger partial charge on any atom is 0.328 e. The minimum Gasteiger partial charge on any atom is -0.496 e. The van der Waals surface area contributed by atoms with Crippen LogP contribution < -0.4 is 20.1 Å². The normalized spacial score (nSPS) is 11.0. The third kappa shape index (κ3) is 5.85. The summed E-state index contributed by atoms with van der Waals surface area (Å²) in [7, 11) is -1.42. The zero-order chi connectivity index (χ0) is 24.0. The Kier molecular flexibility index (Phi) is 7.62. The lowest BCUT2D eigenvalue weighted by molar-refractivity contribution is 0.0951. The Balaban J connectivity index is 1.81. The molecule has 3 N–H and O–H groups in total. The number of methoxy groups -OCH3 is 1. The van der Waals surface area contributed by atoms with Crippen LogP contribution in [0.1, 0.15) is 15.9 Å².